The number of amides is 3. The predicted octanol–water partition coefficient (Wildman–Crippen LogP) is 1.99. The van der Waals surface area contributed by atoms with Gasteiger partial charge in [0.15, 0.2) is 6.10 Å². The van der Waals surface area contributed by atoms with E-state index in [9.17, 15) is 14.4 Å². The molecule has 0 spiro atoms. The zero-order valence-electron chi connectivity index (χ0n) is 14.8. The van der Waals surface area contributed by atoms with E-state index < -0.39 is 6.10 Å². The van der Waals surface area contributed by atoms with Crippen molar-refractivity contribution >= 4 is 29.1 Å². The Morgan fingerprint density at radius 3 is 2.58 bits per heavy atom. The van der Waals surface area contributed by atoms with Crippen molar-refractivity contribution in [1.82, 2.24) is 4.90 Å². The normalized spacial score (nSPS) is 22.9. The molecule has 2 N–H and O–H groups in total. The summed E-state index contributed by atoms with van der Waals surface area (Å²) < 4.78 is 5.52. The molecule has 1 aliphatic carbocycles. The lowest BCUT2D eigenvalue weighted by Crippen LogP contribution is -2.42. The SMILES string of the molecule is C[C@H]1Oc2ccc(NC(=O)C3CCN(C(=O)C4CC4)CC3)cc2NC1=O. The largest absolute Gasteiger partial charge is 0.479 e. The Bertz CT molecular complexity index is 751. The Balaban J connectivity index is 1.34. The van der Waals surface area contributed by atoms with Gasteiger partial charge in [0.2, 0.25) is 11.8 Å². The highest BCUT2D eigenvalue weighted by Crippen LogP contribution is 2.34. The average molecular weight is 357 g/mol. The Kier molecular flexibility index (Phi) is 4.30. The van der Waals surface area contributed by atoms with E-state index in [-0.39, 0.29) is 29.6 Å². The van der Waals surface area contributed by atoms with Crippen LogP contribution in [-0.4, -0.2) is 41.8 Å². The van der Waals surface area contributed by atoms with E-state index in [1.54, 1.807) is 25.1 Å². The molecule has 7 nitrogen and oxygen atoms in total. The molecule has 0 radical (unpaired) electrons. The van der Waals surface area contributed by atoms with Crippen LogP contribution in [0.1, 0.15) is 32.6 Å². The first-order valence-electron chi connectivity index (χ1n) is 9.22. The maximum absolute atomic E-state index is 12.5. The Morgan fingerprint density at radius 1 is 1.15 bits per heavy atom. The van der Waals surface area contributed by atoms with Crippen LogP contribution in [0.15, 0.2) is 18.2 Å². The molecule has 7 heteroatoms. The Morgan fingerprint density at radius 2 is 1.88 bits per heavy atom. The quantitative estimate of drug-likeness (QED) is 0.866. The van der Waals surface area contributed by atoms with Gasteiger partial charge in [0.05, 0.1) is 5.69 Å². The van der Waals surface area contributed by atoms with Crippen LogP contribution in [0.25, 0.3) is 0 Å². The second-order valence-electron chi connectivity index (χ2n) is 7.32. The summed E-state index contributed by atoms with van der Waals surface area (Å²) in [6.45, 7) is 2.99. The minimum Gasteiger partial charge on any atom is -0.479 e. The van der Waals surface area contributed by atoms with Crippen molar-refractivity contribution in [3.8, 4) is 5.75 Å². The van der Waals surface area contributed by atoms with E-state index >= 15 is 0 Å². The lowest BCUT2D eigenvalue weighted by molar-refractivity contribution is -0.135. The number of carbonyl (C=O) groups is 3. The number of likely N-dealkylation sites (tertiary alicyclic amines) is 1. The van der Waals surface area contributed by atoms with E-state index in [4.69, 9.17) is 4.74 Å². The van der Waals surface area contributed by atoms with E-state index in [0.29, 0.717) is 43.1 Å². The van der Waals surface area contributed by atoms with Crippen LogP contribution in [0.5, 0.6) is 5.75 Å². The van der Waals surface area contributed by atoms with E-state index in [1.807, 2.05) is 4.90 Å². The molecular formula is C19H23N3O4. The number of hydrogen-bond donors (Lipinski definition) is 2. The number of hydrogen-bond acceptors (Lipinski definition) is 4. The molecule has 0 unspecified atom stereocenters. The summed E-state index contributed by atoms with van der Waals surface area (Å²) in [5, 5.41) is 5.70. The second kappa shape index (κ2) is 6.63. The molecule has 2 heterocycles. The number of fused-ring (bicyclic) bond motifs is 1. The fourth-order valence-electron chi connectivity index (χ4n) is 3.48. The number of rotatable bonds is 3. The van der Waals surface area contributed by atoms with Crippen molar-refractivity contribution < 1.29 is 19.1 Å². The summed E-state index contributed by atoms with van der Waals surface area (Å²) in [6.07, 6.45) is 2.87. The molecule has 1 saturated carbocycles. The summed E-state index contributed by atoms with van der Waals surface area (Å²) in [7, 11) is 0. The van der Waals surface area contributed by atoms with Gasteiger partial charge in [0.25, 0.3) is 5.91 Å². The third-order valence-corrected chi connectivity index (χ3v) is 5.28. The van der Waals surface area contributed by atoms with Crippen LogP contribution < -0.4 is 15.4 Å². The van der Waals surface area contributed by atoms with Gasteiger partial charge in [0, 0.05) is 30.6 Å². The maximum Gasteiger partial charge on any atom is 0.265 e. The van der Waals surface area contributed by atoms with Crippen LogP contribution in [0, 0.1) is 11.8 Å². The number of nitrogens with zero attached hydrogens (tertiary/aromatic N) is 1. The third-order valence-electron chi connectivity index (χ3n) is 5.28. The van der Waals surface area contributed by atoms with Crippen LogP contribution >= 0.6 is 0 Å². The summed E-state index contributed by atoms with van der Waals surface area (Å²) >= 11 is 0. The van der Waals surface area contributed by atoms with Crippen molar-refractivity contribution in [1.29, 1.82) is 0 Å². The molecule has 0 bridgehead atoms. The van der Waals surface area contributed by atoms with E-state index in [0.717, 1.165) is 12.8 Å². The van der Waals surface area contributed by atoms with Gasteiger partial charge in [-0.25, -0.2) is 0 Å². The molecule has 4 rings (SSSR count). The van der Waals surface area contributed by atoms with Crippen LogP contribution in [0.4, 0.5) is 11.4 Å². The second-order valence-corrected chi connectivity index (χ2v) is 7.32. The average Bonchev–Trinajstić information content (AvgIpc) is 3.47. The fourth-order valence-corrected chi connectivity index (χ4v) is 3.48. The molecule has 3 amide bonds. The Hall–Kier alpha value is -2.57. The van der Waals surface area contributed by atoms with Crippen LogP contribution in [0.2, 0.25) is 0 Å². The lowest BCUT2D eigenvalue weighted by Gasteiger charge is -2.31. The van der Waals surface area contributed by atoms with Gasteiger partial charge in [-0.2, -0.15) is 0 Å². The molecule has 2 fully saturated rings. The first-order valence-corrected chi connectivity index (χ1v) is 9.22. The number of piperidine rings is 1. The lowest BCUT2D eigenvalue weighted by atomic mass is 9.95. The van der Waals surface area contributed by atoms with Crippen molar-refractivity contribution in [2.45, 2.75) is 38.7 Å². The van der Waals surface area contributed by atoms with Gasteiger partial charge < -0.3 is 20.3 Å². The highest BCUT2D eigenvalue weighted by Gasteiger charge is 2.36. The molecule has 1 aromatic carbocycles. The number of anilines is 2. The van der Waals surface area contributed by atoms with E-state index in [1.165, 1.54) is 0 Å². The summed E-state index contributed by atoms with van der Waals surface area (Å²) in [5.74, 6) is 0.746. The monoisotopic (exact) mass is 357 g/mol. The minimum atomic E-state index is -0.522. The molecule has 3 aliphatic rings. The van der Waals surface area contributed by atoms with Crippen LogP contribution in [-0.2, 0) is 14.4 Å². The molecule has 1 saturated heterocycles. The molecule has 1 aromatic rings. The van der Waals surface area contributed by atoms with Crippen molar-refractivity contribution in [2.75, 3.05) is 23.7 Å². The van der Waals surface area contributed by atoms with Gasteiger partial charge in [-0.15, -0.1) is 0 Å². The summed E-state index contributed by atoms with van der Waals surface area (Å²) in [6, 6.07) is 5.23. The minimum absolute atomic E-state index is 0.0418. The molecule has 138 valence electrons. The van der Waals surface area contributed by atoms with E-state index in [2.05, 4.69) is 10.6 Å². The smallest absolute Gasteiger partial charge is 0.265 e. The first-order chi connectivity index (χ1) is 12.5. The van der Waals surface area contributed by atoms with Gasteiger partial charge in [0.1, 0.15) is 5.75 Å². The van der Waals surface area contributed by atoms with Crippen molar-refractivity contribution in [2.24, 2.45) is 11.8 Å². The standard InChI is InChI=1S/C19H23N3O4/c1-11-17(23)21-15-10-14(4-5-16(15)26-11)20-18(24)12-6-8-22(9-7-12)19(25)13-2-3-13/h4-5,10-13H,2-3,6-9H2,1H3,(H,20,24)(H,21,23)/t11-/m1/s1. The zero-order chi connectivity index (χ0) is 18.3. The highest BCUT2D eigenvalue weighted by atomic mass is 16.5. The van der Waals surface area contributed by atoms with Crippen molar-refractivity contribution in [3.05, 3.63) is 18.2 Å². The molecule has 0 aromatic heterocycles. The van der Waals surface area contributed by atoms with Gasteiger partial charge in [-0.3, -0.25) is 14.4 Å². The molecule has 1 atom stereocenters. The Labute approximate surface area is 152 Å². The highest BCUT2D eigenvalue weighted by molar-refractivity contribution is 5.99. The van der Waals surface area contributed by atoms with Gasteiger partial charge in [-0.05, 0) is 50.8 Å². The zero-order valence-corrected chi connectivity index (χ0v) is 14.8. The summed E-state index contributed by atoms with van der Waals surface area (Å²) in [4.78, 5) is 38.3. The van der Waals surface area contributed by atoms with Crippen LogP contribution in [0.3, 0.4) is 0 Å². The number of carbonyl (C=O) groups excluding carboxylic acids is 3. The van der Waals surface area contributed by atoms with Gasteiger partial charge >= 0.3 is 0 Å². The first kappa shape index (κ1) is 16.9. The molecular weight excluding hydrogens is 334 g/mol. The third kappa shape index (κ3) is 3.38. The number of benzene rings is 1. The van der Waals surface area contributed by atoms with Gasteiger partial charge in [-0.1, -0.05) is 0 Å². The maximum atomic E-state index is 12.5. The predicted molar refractivity (Wildman–Crippen MR) is 95.8 cm³/mol. The van der Waals surface area contributed by atoms with Crippen molar-refractivity contribution in [3.63, 3.8) is 0 Å². The summed E-state index contributed by atoms with van der Waals surface area (Å²) in [5.41, 5.74) is 1.19. The fraction of sp³-hybridized carbons (Fsp3) is 0.526. The number of nitrogens with one attached hydrogen (secondary N) is 2. The topological polar surface area (TPSA) is 87.7 Å². The molecule has 26 heavy (non-hydrogen) atoms. The molecule has 2 aliphatic heterocycles. The number of ether oxygens (including phenoxy) is 1.